The molecule has 0 spiro atoms. The lowest BCUT2D eigenvalue weighted by atomic mass is 9.40. The van der Waals surface area contributed by atoms with Crippen molar-refractivity contribution in [2.24, 2.45) is 23.8 Å². The number of aliphatic hydroxyl groups is 3. The van der Waals surface area contributed by atoms with Gasteiger partial charge in [0.15, 0.2) is 23.0 Å². The van der Waals surface area contributed by atoms with Gasteiger partial charge in [0.05, 0.1) is 40.6 Å². The minimum Gasteiger partial charge on any atom is -0.493 e. The van der Waals surface area contributed by atoms with Crippen LogP contribution in [0.1, 0.15) is 86.8 Å². The van der Waals surface area contributed by atoms with Gasteiger partial charge in [0.2, 0.25) is 10.0 Å². The molecule has 8 atom stereocenters. The Morgan fingerprint density at radius 3 is 2.34 bits per heavy atom. The molecule has 2 aromatic heterocycles. The molecule has 4 aliphatic rings. The third-order valence-electron chi connectivity index (χ3n) is 13.9. The minimum atomic E-state index is -3.70. The monoisotopic (exact) mass is 884 g/mol. The SMILES string of the molecule is C=C[C@@]1(C)CC(=O)[C@]2(O)[C@@]3(C)[C@@H](O)CCC(C)(C)[C@@H]3[C@H](O)[C@H](OC(C)=O)[C@@]2(C)O1.CCCc1nn(C)c2c(=O)[nH]c(-c3cc(S(=O)(=O)N4CCN(C)CC4)ccc3OCC)nc12. The standard InChI is InChI=1S/C22H30N6O4S.C22H34O7/c1-5-7-17-19-20(27(4)25-17)22(29)24-21(23-19)16-14-15(8-9-18(16)32-6-2)33(30,31)28-12-10-26(3)11-13-28;1-8-19(5)11-14(25)22(27)20(6)13(24)9-10-18(3,4)16(20)15(26)17(28-12(2)23)21(22,7)29-19/h8-9,14H,5-7,10-13H2,1-4H3,(H,23,24,29);8,13,15-17,24,26-27H,1,9-11H2,2-7H3/t;13-,15-,16-,17-,19-,20-,21+,22-/m.0/s1. The first-order chi connectivity index (χ1) is 28.9. The Labute approximate surface area is 363 Å². The number of nitrogens with zero attached hydrogens (tertiary/aromatic N) is 5. The first-order valence-corrected chi connectivity index (χ1v) is 22.9. The number of fused-ring (bicyclic) bond motifs is 4. The predicted octanol–water partition coefficient (Wildman–Crippen LogP) is 3.13. The Morgan fingerprint density at radius 1 is 1.08 bits per heavy atom. The molecule has 0 amide bonds. The van der Waals surface area contributed by atoms with Crippen LogP contribution in [-0.2, 0) is 42.6 Å². The molecule has 4 fully saturated rings. The summed E-state index contributed by atoms with van der Waals surface area (Å²) in [6.07, 6.45) is 0.250. The highest BCUT2D eigenvalue weighted by Gasteiger charge is 2.81. The zero-order valence-corrected chi connectivity index (χ0v) is 38.5. The van der Waals surface area contributed by atoms with E-state index in [2.05, 4.69) is 21.6 Å². The number of aromatic nitrogens is 4. The molecular formula is C44H64N6O11S. The maximum absolute atomic E-state index is 13.6. The molecule has 0 bridgehead atoms. The molecule has 17 nitrogen and oxygen atoms in total. The molecule has 4 N–H and O–H groups in total. The topological polar surface area (TPSA) is 227 Å². The number of sulfonamides is 1. The Morgan fingerprint density at radius 2 is 1.74 bits per heavy atom. The van der Waals surface area contributed by atoms with E-state index < -0.39 is 73.6 Å². The summed E-state index contributed by atoms with van der Waals surface area (Å²) in [6.45, 7) is 20.1. The van der Waals surface area contributed by atoms with E-state index in [1.807, 2.05) is 34.7 Å². The summed E-state index contributed by atoms with van der Waals surface area (Å²) in [7, 11) is -0.00831. The van der Waals surface area contributed by atoms with E-state index >= 15 is 0 Å². The Hall–Kier alpha value is -4.04. The van der Waals surface area contributed by atoms with E-state index in [-0.39, 0.29) is 22.7 Å². The van der Waals surface area contributed by atoms with Gasteiger partial charge in [-0.1, -0.05) is 40.2 Å². The lowest BCUT2D eigenvalue weighted by molar-refractivity contribution is -0.370. The van der Waals surface area contributed by atoms with Crippen LogP contribution in [0.15, 0.2) is 40.5 Å². The Balaban J connectivity index is 0.000000209. The van der Waals surface area contributed by atoms with Crippen LogP contribution in [-0.4, -0.2) is 139 Å². The fourth-order valence-corrected chi connectivity index (χ4v) is 12.2. The fourth-order valence-electron chi connectivity index (χ4n) is 10.8. The number of nitrogens with one attached hydrogen (secondary N) is 1. The van der Waals surface area contributed by atoms with Crippen molar-refractivity contribution < 1.29 is 47.5 Å². The summed E-state index contributed by atoms with van der Waals surface area (Å²) in [5.41, 5.74) is -5.26. The number of ketones is 1. The van der Waals surface area contributed by atoms with E-state index in [1.165, 1.54) is 28.9 Å². The number of H-pyrrole nitrogens is 1. The first kappa shape index (κ1) is 47.4. The zero-order chi connectivity index (χ0) is 46.0. The van der Waals surface area contributed by atoms with Crippen LogP contribution in [0.2, 0.25) is 0 Å². The van der Waals surface area contributed by atoms with Crippen molar-refractivity contribution in [1.82, 2.24) is 29.0 Å². The highest BCUT2D eigenvalue weighted by molar-refractivity contribution is 7.89. The largest absolute Gasteiger partial charge is 0.493 e. The van der Waals surface area contributed by atoms with Crippen LogP contribution >= 0.6 is 0 Å². The Bertz CT molecular complexity index is 2390. The van der Waals surface area contributed by atoms with Crippen molar-refractivity contribution in [3.05, 3.63) is 46.9 Å². The van der Waals surface area contributed by atoms with E-state index in [1.54, 1.807) is 39.1 Å². The van der Waals surface area contributed by atoms with Gasteiger partial charge < -0.3 is 39.4 Å². The average Bonchev–Trinajstić information content (AvgIpc) is 3.52. The van der Waals surface area contributed by atoms with Crippen molar-refractivity contribution in [3.63, 3.8) is 0 Å². The Kier molecular flexibility index (Phi) is 12.9. The van der Waals surface area contributed by atoms with Crippen molar-refractivity contribution in [2.45, 2.75) is 128 Å². The molecule has 342 valence electrons. The summed E-state index contributed by atoms with van der Waals surface area (Å²) in [5, 5.41) is 39.1. The maximum atomic E-state index is 13.6. The number of Topliss-reactive ketones (excluding diaryl/α,β-unsaturated/α-hetero) is 1. The summed E-state index contributed by atoms with van der Waals surface area (Å²) in [5.74, 6) is -1.16. The molecule has 2 saturated heterocycles. The summed E-state index contributed by atoms with van der Waals surface area (Å²) in [4.78, 5) is 48.2. The summed E-state index contributed by atoms with van der Waals surface area (Å²) < 4.78 is 47.2. The van der Waals surface area contributed by atoms with Crippen LogP contribution in [0.3, 0.4) is 0 Å². The number of carbonyl (C=O) groups is 2. The van der Waals surface area contributed by atoms with Crippen molar-refractivity contribution in [2.75, 3.05) is 39.8 Å². The first-order valence-electron chi connectivity index (χ1n) is 21.4. The number of benzene rings is 1. The second-order valence-electron chi connectivity index (χ2n) is 18.6. The van der Waals surface area contributed by atoms with Crippen molar-refractivity contribution in [3.8, 4) is 17.1 Å². The molecule has 2 saturated carbocycles. The smallest absolute Gasteiger partial charge is 0.303 e. The minimum absolute atomic E-state index is 0.138. The van der Waals surface area contributed by atoms with E-state index in [4.69, 9.17) is 19.2 Å². The number of esters is 1. The lowest BCUT2D eigenvalue weighted by Crippen LogP contribution is -2.86. The van der Waals surface area contributed by atoms with E-state index in [9.17, 15) is 38.1 Å². The average molecular weight is 885 g/mol. The molecule has 1 aromatic carbocycles. The quantitative estimate of drug-likeness (QED) is 0.179. The second-order valence-corrected chi connectivity index (χ2v) is 20.5. The molecule has 62 heavy (non-hydrogen) atoms. The maximum Gasteiger partial charge on any atom is 0.303 e. The van der Waals surface area contributed by atoms with Gasteiger partial charge in [-0.3, -0.25) is 19.1 Å². The summed E-state index contributed by atoms with van der Waals surface area (Å²) >= 11 is 0. The van der Waals surface area contributed by atoms with Gasteiger partial charge in [-0.15, -0.1) is 6.58 Å². The van der Waals surface area contributed by atoms with Gasteiger partial charge in [0.25, 0.3) is 5.56 Å². The zero-order valence-electron chi connectivity index (χ0n) is 37.6. The molecule has 4 heterocycles. The number of aryl methyl sites for hydroxylation is 2. The van der Waals surface area contributed by atoms with Gasteiger partial charge in [-0.2, -0.15) is 9.40 Å². The summed E-state index contributed by atoms with van der Waals surface area (Å²) in [6, 6.07) is 4.71. The molecule has 0 unspecified atom stereocenters. The number of carbonyl (C=O) groups excluding carboxylic acids is 2. The third kappa shape index (κ3) is 7.62. The van der Waals surface area contributed by atoms with Crippen molar-refractivity contribution in [1.29, 1.82) is 0 Å². The van der Waals surface area contributed by atoms with Gasteiger partial charge >= 0.3 is 5.97 Å². The molecule has 7 rings (SSSR count). The number of aliphatic hydroxyl groups excluding tert-OH is 2. The number of aromatic amines is 1. The fraction of sp³-hybridized carbons (Fsp3) is 0.659. The number of likely N-dealkylation sites (N-methyl/N-ethyl adjacent to an activating group) is 1. The van der Waals surface area contributed by atoms with E-state index in [0.717, 1.165) is 12.1 Å². The molecule has 3 aromatic rings. The van der Waals surface area contributed by atoms with Crippen LogP contribution < -0.4 is 10.3 Å². The van der Waals surface area contributed by atoms with Crippen molar-refractivity contribution >= 4 is 32.8 Å². The van der Waals surface area contributed by atoms with Crippen LogP contribution in [0, 0.1) is 16.7 Å². The molecule has 2 aliphatic carbocycles. The van der Waals surface area contributed by atoms with Gasteiger partial charge in [0, 0.05) is 57.9 Å². The number of hydrogen-bond acceptors (Lipinski definition) is 14. The van der Waals surface area contributed by atoms with Crippen LogP contribution in [0.4, 0.5) is 0 Å². The highest BCUT2D eigenvalue weighted by Crippen LogP contribution is 2.67. The van der Waals surface area contributed by atoms with Gasteiger partial charge in [-0.25, -0.2) is 13.4 Å². The number of ether oxygens (including phenoxy) is 3. The van der Waals surface area contributed by atoms with E-state index in [0.29, 0.717) is 74.4 Å². The van der Waals surface area contributed by atoms with Gasteiger partial charge in [0.1, 0.15) is 22.7 Å². The number of rotatable bonds is 9. The predicted molar refractivity (Wildman–Crippen MR) is 231 cm³/mol. The molecule has 2 aliphatic heterocycles. The normalized spacial score (nSPS) is 32.6. The number of piperazine rings is 1. The molecule has 0 radical (unpaired) electrons. The van der Waals surface area contributed by atoms with Gasteiger partial charge in [-0.05, 0) is 70.7 Å². The number of hydrogen-bond donors (Lipinski definition) is 4. The molecule has 18 heteroatoms. The van der Waals surface area contributed by atoms with Crippen LogP contribution in [0.5, 0.6) is 5.75 Å². The third-order valence-corrected chi connectivity index (χ3v) is 15.8. The molecular weight excluding hydrogens is 821 g/mol. The second kappa shape index (κ2) is 16.8. The highest BCUT2D eigenvalue weighted by atomic mass is 32.2. The van der Waals surface area contributed by atoms with Crippen LogP contribution in [0.25, 0.3) is 22.4 Å². The lowest BCUT2D eigenvalue weighted by Gasteiger charge is -2.71.